The quantitative estimate of drug-likeness (QED) is 0.321. The molecule has 0 fully saturated rings. The summed E-state index contributed by atoms with van der Waals surface area (Å²) in [7, 11) is 0. The van der Waals surface area contributed by atoms with Gasteiger partial charge in [0.25, 0.3) is 0 Å². The monoisotopic (exact) mass is 544 g/mol. The van der Waals surface area contributed by atoms with Gasteiger partial charge in [0.1, 0.15) is 17.7 Å². The third-order valence-corrected chi connectivity index (χ3v) is 6.90. The van der Waals surface area contributed by atoms with E-state index in [0.29, 0.717) is 11.1 Å². The molecule has 1 unspecified atom stereocenters. The molecule has 0 saturated carbocycles. The minimum Gasteiger partial charge on any atom is -0.350 e. The van der Waals surface area contributed by atoms with Gasteiger partial charge in [0.2, 0.25) is 11.8 Å². The molecule has 0 aliphatic rings. The van der Waals surface area contributed by atoms with Crippen molar-refractivity contribution in [3.63, 3.8) is 0 Å². The lowest BCUT2D eigenvalue weighted by molar-refractivity contribution is -0.140. The highest BCUT2D eigenvalue weighted by Crippen LogP contribution is 2.25. The van der Waals surface area contributed by atoms with Gasteiger partial charge in [0.05, 0.1) is 5.75 Å². The molecule has 0 saturated heterocycles. The summed E-state index contributed by atoms with van der Waals surface area (Å²) in [6.45, 7) is 5.51. The third-order valence-electron chi connectivity index (χ3n) is 5.60. The zero-order valence-corrected chi connectivity index (χ0v) is 22.7. The van der Waals surface area contributed by atoms with E-state index in [-0.39, 0.29) is 41.3 Å². The Morgan fingerprint density at radius 2 is 1.59 bits per heavy atom. The molecule has 1 atom stereocenters. The highest BCUT2D eigenvalue weighted by atomic mass is 35.5. The average Bonchev–Trinajstić information content (AvgIpc) is 2.83. The lowest BCUT2D eigenvalue weighted by atomic mass is 10.0. The summed E-state index contributed by atoms with van der Waals surface area (Å²) in [4.78, 5) is 28.5. The van der Waals surface area contributed by atoms with Crippen LogP contribution in [0.15, 0.2) is 72.8 Å². The van der Waals surface area contributed by atoms with Crippen LogP contribution >= 0.6 is 23.4 Å². The summed E-state index contributed by atoms with van der Waals surface area (Å²) in [6, 6.07) is 19.1. The predicted octanol–water partition coefficient (Wildman–Crippen LogP) is 6.41. The molecular formula is C29H31ClF2N2O2S. The normalized spacial score (nSPS) is 12.2. The summed E-state index contributed by atoms with van der Waals surface area (Å²) in [5, 5.41) is 3.26. The fraction of sp³-hybridized carbons (Fsp3) is 0.310. The molecule has 0 aromatic heterocycles. The standard InChI is InChI=1S/C29H31ClF2N2O2S/c1-29(2,3)33-28(36)26(16-20-10-5-4-6-11-20)34(17-21-12-7-8-14-24(21)31)27(35)19-37-18-22-23(30)13-9-15-25(22)32/h4-15,26H,16-19H2,1-3H3,(H,33,36). The first-order chi connectivity index (χ1) is 17.5. The van der Waals surface area contributed by atoms with Crippen molar-refractivity contribution in [2.75, 3.05) is 5.75 Å². The first kappa shape index (κ1) is 28.7. The molecule has 0 aliphatic carbocycles. The number of amides is 2. The zero-order valence-electron chi connectivity index (χ0n) is 21.1. The van der Waals surface area contributed by atoms with Gasteiger partial charge in [0, 0.05) is 40.4 Å². The molecule has 1 N–H and O–H groups in total. The van der Waals surface area contributed by atoms with Gasteiger partial charge in [-0.1, -0.05) is 66.2 Å². The van der Waals surface area contributed by atoms with Gasteiger partial charge in [-0.15, -0.1) is 11.8 Å². The van der Waals surface area contributed by atoms with Gasteiger partial charge in [-0.3, -0.25) is 9.59 Å². The molecule has 0 bridgehead atoms. The predicted molar refractivity (Wildman–Crippen MR) is 146 cm³/mol. The van der Waals surface area contributed by atoms with Crippen LogP contribution < -0.4 is 5.32 Å². The molecular weight excluding hydrogens is 514 g/mol. The number of nitrogens with one attached hydrogen (secondary N) is 1. The Labute approximate surface area is 226 Å². The molecule has 196 valence electrons. The second-order valence-electron chi connectivity index (χ2n) is 9.75. The summed E-state index contributed by atoms with van der Waals surface area (Å²) in [6.07, 6.45) is 0.257. The summed E-state index contributed by atoms with van der Waals surface area (Å²) in [5.74, 6) is -1.44. The van der Waals surface area contributed by atoms with Gasteiger partial charge in [-0.25, -0.2) is 8.78 Å². The molecule has 0 spiro atoms. The van der Waals surface area contributed by atoms with Crippen LogP contribution in [0.3, 0.4) is 0 Å². The van der Waals surface area contributed by atoms with Crippen molar-refractivity contribution >= 4 is 35.2 Å². The van der Waals surface area contributed by atoms with Crippen LogP contribution in [0, 0.1) is 11.6 Å². The Morgan fingerprint density at radius 1 is 0.946 bits per heavy atom. The van der Waals surface area contributed by atoms with E-state index >= 15 is 0 Å². The molecule has 4 nitrogen and oxygen atoms in total. The second kappa shape index (κ2) is 13.1. The number of benzene rings is 3. The lowest BCUT2D eigenvalue weighted by Crippen LogP contribution is -2.54. The highest BCUT2D eigenvalue weighted by Gasteiger charge is 2.32. The Kier molecular flexibility index (Phi) is 10.1. The van der Waals surface area contributed by atoms with E-state index in [1.165, 1.54) is 34.9 Å². The van der Waals surface area contributed by atoms with Crippen molar-refractivity contribution in [1.29, 1.82) is 0 Å². The number of hydrogen-bond donors (Lipinski definition) is 1. The Bertz CT molecular complexity index is 1200. The third kappa shape index (κ3) is 8.58. The number of halogens is 3. The first-order valence-corrected chi connectivity index (χ1v) is 13.5. The van der Waals surface area contributed by atoms with Gasteiger partial charge in [-0.2, -0.15) is 0 Å². The second-order valence-corrected chi connectivity index (χ2v) is 11.1. The maximum atomic E-state index is 14.6. The van der Waals surface area contributed by atoms with Crippen LogP contribution in [0.1, 0.15) is 37.5 Å². The maximum Gasteiger partial charge on any atom is 0.243 e. The maximum absolute atomic E-state index is 14.6. The summed E-state index contributed by atoms with van der Waals surface area (Å²) in [5.41, 5.74) is 0.956. The van der Waals surface area contributed by atoms with Crippen LogP contribution in [-0.2, 0) is 28.3 Å². The van der Waals surface area contributed by atoms with Gasteiger partial charge in [-0.05, 0) is 44.5 Å². The lowest BCUT2D eigenvalue weighted by Gasteiger charge is -2.34. The number of thioether (sulfide) groups is 1. The van der Waals surface area contributed by atoms with Crippen molar-refractivity contribution in [2.24, 2.45) is 0 Å². The molecule has 0 radical (unpaired) electrons. The molecule has 37 heavy (non-hydrogen) atoms. The molecule has 3 aromatic carbocycles. The largest absolute Gasteiger partial charge is 0.350 e. The van der Waals surface area contributed by atoms with E-state index in [0.717, 1.165) is 5.56 Å². The fourth-order valence-corrected chi connectivity index (χ4v) is 5.06. The van der Waals surface area contributed by atoms with Crippen molar-refractivity contribution in [1.82, 2.24) is 10.2 Å². The van der Waals surface area contributed by atoms with Gasteiger partial charge < -0.3 is 10.2 Å². The first-order valence-electron chi connectivity index (χ1n) is 11.9. The fourth-order valence-electron chi connectivity index (χ4n) is 3.81. The van der Waals surface area contributed by atoms with Crippen molar-refractivity contribution in [3.05, 3.63) is 106 Å². The van der Waals surface area contributed by atoms with Crippen LogP contribution in [0.2, 0.25) is 5.02 Å². The number of hydrogen-bond acceptors (Lipinski definition) is 3. The number of nitrogens with zero attached hydrogens (tertiary/aromatic N) is 1. The van der Waals surface area contributed by atoms with Crippen LogP contribution in [0.4, 0.5) is 8.78 Å². The molecule has 3 aromatic rings. The topological polar surface area (TPSA) is 49.4 Å². The van der Waals surface area contributed by atoms with E-state index in [1.54, 1.807) is 24.3 Å². The number of carbonyl (C=O) groups excluding carboxylic acids is 2. The Balaban J connectivity index is 1.90. The zero-order chi connectivity index (χ0) is 27.0. The smallest absolute Gasteiger partial charge is 0.243 e. The summed E-state index contributed by atoms with van der Waals surface area (Å²) < 4.78 is 28.8. The van der Waals surface area contributed by atoms with E-state index in [2.05, 4.69) is 5.32 Å². The molecule has 3 rings (SSSR count). The Morgan fingerprint density at radius 3 is 2.24 bits per heavy atom. The van der Waals surface area contributed by atoms with Gasteiger partial charge >= 0.3 is 0 Å². The average molecular weight is 545 g/mol. The molecule has 0 heterocycles. The molecule has 2 amide bonds. The minimum absolute atomic E-state index is 0.0345. The van der Waals surface area contributed by atoms with Crippen molar-refractivity contribution in [3.8, 4) is 0 Å². The number of carbonyl (C=O) groups is 2. The highest BCUT2D eigenvalue weighted by molar-refractivity contribution is 7.99. The minimum atomic E-state index is -0.883. The SMILES string of the molecule is CC(C)(C)NC(=O)C(Cc1ccccc1)N(Cc1ccccc1F)C(=O)CSCc1c(F)cccc1Cl. The number of rotatable bonds is 10. The van der Waals surface area contributed by atoms with E-state index in [9.17, 15) is 18.4 Å². The Hall–Kier alpha value is -2.90. The summed E-state index contributed by atoms with van der Waals surface area (Å²) >= 11 is 7.33. The van der Waals surface area contributed by atoms with Crippen LogP contribution in [0.5, 0.6) is 0 Å². The van der Waals surface area contributed by atoms with Crippen molar-refractivity contribution < 1.29 is 18.4 Å². The molecule has 8 heteroatoms. The van der Waals surface area contributed by atoms with Crippen molar-refractivity contribution in [2.45, 2.75) is 51.1 Å². The molecule has 0 aliphatic heterocycles. The van der Waals surface area contributed by atoms with Gasteiger partial charge in [0.15, 0.2) is 0 Å². The van der Waals surface area contributed by atoms with E-state index < -0.39 is 23.2 Å². The van der Waals surface area contributed by atoms with E-state index in [1.807, 2.05) is 51.1 Å². The van der Waals surface area contributed by atoms with Crippen LogP contribution in [0.25, 0.3) is 0 Å². The van der Waals surface area contributed by atoms with E-state index in [4.69, 9.17) is 11.6 Å². The van der Waals surface area contributed by atoms with Crippen LogP contribution in [-0.4, -0.2) is 34.0 Å².